The van der Waals surface area contributed by atoms with E-state index in [0.717, 1.165) is 11.1 Å². The minimum atomic E-state index is -2.75. The van der Waals surface area contributed by atoms with Gasteiger partial charge in [0.05, 0.1) is 19.9 Å². The molecule has 0 unspecified atom stereocenters. The van der Waals surface area contributed by atoms with Crippen LogP contribution in [0.2, 0.25) is 0 Å². The van der Waals surface area contributed by atoms with Crippen LogP contribution in [0.5, 0.6) is 11.5 Å². The Balaban J connectivity index is 2.07. The average Bonchev–Trinajstić information content (AvgIpc) is 2.81. The van der Waals surface area contributed by atoms with Crippen molar-refractivity contribution in [3.05, 3.63) is 82.7 Å². The van der Waals surface area contributed by atoms with Gasteiger partial charge in [-0.25, -0.2) is 13.2 Å². The second-order valence-corrected chi connectivity index (χ2v) is 7.94. The quantitative estimate of drug-likeness (QED) is 0.439. The number of anilines is 1. The molecule has 0 heterocycles. The summed E-state index contributed by atoms with van der Waals surface area (Å²) in [6.07, 6.45) is -3.52. The molecule has 0 saturated heterocycles. The number of nitrogens with zero attached hydrogens (tertiary/aromatic N) is 1. The second kappa shape index (κ2) is 11.3. The van der Waals surface area contributed by atoms with E-state index in [4.69, 9.17) is 9.47 Å². The van der Waals surface area contributed by atoms with Gasteiger partial charge < -0.3 is 24.4 Å². The molecule has 3 rings (SSSR count). The van der Waals surface area contributed by atoms with Crippen LogP contribution in [-0.2, 0) is 19.5 Å². The first-order valence-corrected chi connectivity index (χ1v) is 10.7. The summed E-state index contributed by atoms with van der Waals surface area (Å²) in [6.45, 7) is 2.12. The summed E-state index contributed by atoms with van der Waals surface area (Å²) in [4.78, 5) is 1.73. The summed E-state index contributed by atoms with van der Waals surface area (Å²) < 4.78 is 52.3. The number of aryl methyl sites for hydroxylation is 1. The van der Waals surface area contributed by atoms with Crippen LogP contribution in [0, 0.1) is 12.7 Å². The first-order valence-electron chi connectivity index (χ1n) is 10.7. The minimum absolute atomic E-state index is 0.0882. The molecule has 9 heteroatoms. The first kappa shape index (κ1) is 25.5. The van der Waals surface area contributed by atoms with E-state index in [2.05, 4.69) is 0 Å². The number of hydrogen-bond donors (Lipinski definition) is 2. The molecule has 0 aromatic heterocycles. The fraction of sp³-hybridized carbons (Fsp3) is 0.280. The molecule has 34 heavy (non-hydrogen) atoms. The van der Waals surface area contributed by atoms with Gasteiger partial charge in [-0.3, -0.25) is 0 Å². The number of halogens is 3. The van der Waals surface area contributed by atoms with Crippen molar-refractivity contribution in [1.82, 2.24) is 0 Å². The van der Waals surface area contributed by atoms with E-state index in [1.165, 1.54) is 6.07 Å². The van der Waals surface area contributed by atoms with E-state index < -0.39 is 31.2 Å². The minimum Gasteiger partial charge on any atom is -0.497 e. The van der Waals surface area contributed by atoms with Crippen LogP contribution < -0.4 is 19.8 Å². The lowest BCUT2D eigenvalue weighted by atomic mass is 9.74. The zero-order valence-electron chi connectivity index (χ0n) is 19.3. The van der Waals surface area contributed by atoms with Crippen LogP contribution in [0.4, 0.5) is 18.9 Å². The normalized spacial score (nSPS) is 11.0. The van der Waals surface area contributed by atoms with E-state index in [0.29, 0.717) is 17.1 Å². The molecule has 0 aliphatic rings. The summed E-state index contributed by atoms with van der Waals surface area (Å²) in [6, 6.07) is 16.0. The largest absolute Gasteiger partial charge is 0.497 e. The van der Waals surface area contributed by atoms with Crippen molar-refractivity contribution in [3.8, 4) is 11.5 Å². The molecular formula is C25H27BF3NO4. The molecule has 180 valence electrons. The lowest BCUT2D eigenvalue weighted by Gasteiger charge is -2.28. The SMILES string of the molecule is COc1ccc(CN(Cc2ccc(OC)cc2)c2cc(C)c(CC(F)F)c(B(O)O)c2F)cc1. The lowest BCUT2D eigenvalue weighted by Crippen LogP contribution is -2.39. The molecule has 0 bridgehead atoms. The van der Waals surface area contributed by atoms with Gasteiger partial charge in [0.2, 0.25) is 6.43 Å². The van der Waals surface area contributed by atoms with Gasteiger partial charge in [0.25, 0.3) is 0 Å². The van der Waals surface area contributed by atoms with E-state index in [1.54, 1.807) is 50.3 Å². The van der Waals surface area contributed by atoms with Crippen LogP contribution in [0.25, 0.3) is 0 Å². The van der Waals surface area contributed by atoms with Gasteiger partial charge in [-0.2, -0.15) is 0 Å². The Labute approximate surface area is 197 Å². The molecule has 0 aliphatic carbocycles. The Morgan fingerprint density at radius 3 is 1.74 bits per heavy atom. The molecular weight excluding hydrogens is 446 g/mol. The second-order valence-electron chi connectivity index (χ2n) is 7.94. The van der Waals surface area contributed by atoms with E-state index in [-0.39, 0.29) is 24.3 Å². The van der Waals surface area contributed by atoms with Gasteiger partial charge in [0.1, 0.15) is 17.3 Å². The molecule has 0 radical (unpaired) electrons. The highest BCUT2D eigenvalue weighted by Gasteiger charge is 2.29. The van der Waals surface area contributed by atoms with Gasteiger partial charge in [-0.05, 0) is 59.5 Å². The molecule has 0 fully saturated rings. The van der Waals surface area contributed by atoms with Gasteiger partial charge in [0, 0.05) is 25.0 Å². The summed E-state index contributed by atoms with van der Waals surface area (Å²) in [7, 11) is 0.897. The maximum Gasteiger partial charge on any atom is 0.491 e. The summed E-state index contributed by atoms with van der Waals surface area (Å²) >= 11 is 0. The smallest absolute Gasteiger partial charge is 0.491 e. The first-order chi connectivity index (χ1) is 16.2. The fourth-order valence-electron chi connectivity index (χ4n) is 3.89. The van der Waals surface area contributed by atoms with Gasteiger partial charge in [0.15, 0.2) is 0 Å². The average molecular weight is 473 g/mol. The highest BCUT2D eigenvalue weighted by atomic mass is 19.3. The third-order valence-electron chi connectivity index (χ3n) is 5.64. The highest BCUT2D eigenvalue weighted by molar-refractivity contribution is 6.59. The van der Waals surface area contributed by atoms with Crippen molar-refractivity contribution >= 4 is 18.3 Å². The molecule has 0 saturated carbocycles. The standard InChI is InChI=1S/C25H27BF3NO4/c1-16-12-22(25(29)24(26(31)32)21(16)13-23(27)28)30(14-17-4-8-19(33-2)9-5-17)15-18-6-10-20(34-3)11-7-18/h4-12,23,31-32H,13-15H2,1-3H3. The number of alkyl halides is 2. The van der Waals surface area contributed by atoms with Crippen molar-refractivity contribution in [2.24, 2.45) is 0 Å². The molecule has 0 atom stereocenters. The topological polar surface area (TPSA) is 62.2 Å². The number of rotatable bonds is 10. The van der Waals surface area contributed by atoms with Crippen LogP contribution in [0.1, 0.15) is 22.3 Å². The van der Waals surface area contributed by atoms with Gasteiger partial charge >= 0.3 is 7.12 Å². The summed E-state index contributed by atoms with van der Waals surface area (Å²) in [5, 5.41) is 19.7. The predicted octanol–water partition coefficient (Wildman–Crippen LogP) is 3.85. The number of hydrogen-bond acceptors (Lipinski definition) is 5. The third-order valence-corrected chi connectivity index (χ3v) is 5.64. The van der Waals surface area contributed by atoms with Crippen molar-refractivity contribution in [2.45, 2.75) is 32.9 Å². The monoisotopic (exact) mass is 473 g/mol. The predicted molar refractivity (Wildman–Crippen MR) is 127 cm³/mol. The zero-order chi connectivity index (χ0) is 24.8. The Kier molecular flexibility index (Phi) is 8.47. The number of methoxy groups -OCH3 is 2. The molecule has 2 N–H and O–H groups in total. The molecule has 3 aromatic rings. The Morgan fingerprint density at radius 1 is 0.882 bits per heavy atom. The highest BCUT2D eigenvalue weighted by Crippen LogP contribution is 2.28. The number of ether oxygens (including phenoxy) is 2. The molecule has 0 amide bonds. The molecule has 5 nitrogen and oxygen atoms in total. The molecule has 3 aromatic carbocycles. The van der Waals surface area contributed by atoms with Crippen molar-refractivity contribution in [1.29, 1.82) is 0 Å². The van der Waals surface area contributed by atoms with Crippen LogP contribution in [-0.4, -0.2) is 37.8 Å². The summed E-state index contributed by atoms with van der Waals surface area (Å²) in [5.41, 5.74) is 1.53. The van der Waals surface area contributed by atoms with Gasteiger partial charge in [-0.1, -0.05) is 24.3 Å². The fourth-order valence-corrected chi connectivity index (χ4v) is 3.89. The Bertz CT molecular complexity index is 1040. The summed E-state index contributed by atoms with van der Waals surface area (Å²) in [5.74, 6) is 0.419. The maximum atomic E-state index is 15.7. The Hall–Kier alpha value is -3.17. The van der Waals surface area contributed by atoms with Crippen LogP contribution >= 0.6 is 0 Å². The molecule has 0 aliphatic heterocycles. The van der Waals surface area contributed by atoms with Crippen molar-refractivity contribution < 1.29 is 32.7 Å². The number of benzene rings is 3. The van der Waals surface area contributed by atoms with Crippen molar-refractivity contribution in [2.75, 3.05) is 19.1 Å². The lowest BCUT2D eigenvalue weighted by molar-refractivity contribution is 0.149. The zero-order valence-corrected chi connectivity index (χ0v) is 19.3. The Morgan fingerprint density at radius 2 is 1.35 bits per heavy atom. The van der Waals surface area contributed by atoms with E-state index >= 15 is 4.39 Å². The van der Waals surface area contributed by atoms with E-state index in [9.17, 15) is 18.8 Å². The van der Waals surface area contributed by atoms with E-state index in [1.807, 2.05) is 24.3 Å². The van der Waals surface area contributed by atoms with Gasteiger partial charge in [-0.15, -0.1) is 0 Å². The molecule has 0 spiro atoms. The van der Waals surface area contributed by atoms with Crippen LogP contribution in [0.3, 0.4) is 0 Å². The van der Waals surface area contributed by atoms with Crippen molar-refractivity contribution in [3.63, 3.8) is 0 Å². The maximum absolute atomic E-state index is 15.7. The van der Waals surface area contributed by atoms with Crippen LogP contribution in [0.15, 0.2) is 54.6 Å². The third kappa shape index (κ3) is 6.04.